The van der Waals surface area contributed by atoms with E-state index in [1.54, 1.807) is 0 Å². The highest BCUT2D eigenvalue weighted by Gasteiger charge is 2.27. The molecule has 0 bridgehead atoms. The summed E-state index contributed by atoms with van der Waals surface area (Å²) in [5.41, 5.74) is 5.50. The molecule has 0 saturated carbocycles. The standard InChI is InChI=1S/C29H27NO3/c1-30(2)24-11-13-25(14-12-24)33-28-16-22-9-10-23(17-29(31)32)26(22)18-27(28)21-8-7-19-5-3-4-6-20(19)15-21/h3-8,11-16,18,23H,9-10,17H2,1-2H3,(H,31,32). The van der Waals surface area contributed by atoms with Gasteiger partial charge in [0.1, 0.15) is 11.5 Å². The number of hydrogen-bond acceptors (Lipinski definition) is 3. The number of fused-ring (bicyclic) bond motifs is 2. The number of aliphatic carboxylic acids is 1. The summed E-state index contributed by atoms with van der Waals surface area (Å²) in [5, 5.41) is 11.7. The predicted molar refractivity (Wildman–Crippen MR) is 134 cm³/mol. The largest absolute Gasteiger partial charge is 0.481 e. The molecule has 0 amide bonds. The molecule has 1 aliphatic carbocycles. The van der Waals surface area contributed by atoms with E-state index in [4.69, 9.17) is 4.74 Å². The van der Waals surface area contributed by atoms with E-state index in [1.807, 2.05) is 50.5 Å². The topological polar surface area (TPSA) is 49.8 Å². The average molecular weight is 438 g/mol. The minimum atomic E-state index is -0.749. The molecular formula is C29H27NO3. The maximum absolute atomic E-state index is 11.4. The second-order valence-electron chi connectivity index (χ2n) is 8.93. The van der Waals surface area contributed by atoms with Crippen LogP contribution in [0.15, 0.2) is 78.9 Å². The fourth-order valence-electron chi connectivity index (χ4n) is 4.75. The second kappa shape index (κ2) is 8.62. The van der Waals surface area contributed by atoms with Crippen LogP contribution in [0.4, 0.5) is 5.69 Å². The van der Waals surface area contributed by atoms with Crippen molar-refractivity contribution in [3.05, 3.63) is 90.0 Å². The molecule has 1 aliphatic rings. The molecule has 0 heterocycles. The van der Waals surface area contributed by atoms with Crippen molar-refractivity contribution < 1.29 is 14.6 Å². The third kappa shape index (κ3) is 4.29. The van der Waals surface area contributed by atoms with Gasteiger partial charge >= 0.3 is 5.97 Å². The van der Waals surface area contributed by atoms with Gasteiger partial charge in [0, 0.05) is 25.3 Å². The quantitative estimate of drug-likeness (QED) is 0.358. The molecule has 4 heteroatoms. The number of hydrogen-bond donors (Lipinski definition) is 1. The lowest BCUT2D eigenvalue weighted by atomic mass is 9.92. The average Bonchev–Trinajstić information content (AvgIpc) is 3.19. The second-order valence-corrected chi connectivity index (χ2v) is 8.93. The smallest absolute Gasteiger partial charge is 0.303 e. The Kier molecular flexibility index (Phi) is 5.51. The van der Waals surface area contributed by atoms with Gasteiger partial charge in [0.2, 0.25) is 0 Å². The van der Waals surface area contributed by atoms with E-state index in [9.17, 15) is 9.90 Å². The Labute approximate surface area is 194 Å². The fraction of sp³-hybridized carbons (Fsp3) is 0.207. The third-order valence-electron chi connectivity index (χ3n) is 6.51. The van der Waals surface area contributed by atoms with Gasteiger partial charge in [-0.15, -0.1) is 0 Å². The summed E-state index contributed by atoms with van der Waals surface area (Å²) in [6.45, 7) is 0. The zero-order valence-electron chi connectivity index (χ0n) is 18.9. The zero-order chi connectivity index (χ0) is 22.9. The molecule has 0 radical (unpaired) electrons. The van der Waals surface area contributed by atoms with Crippen molar-refractivity contribution in [1.29, 1.82) is 0 Å². The highest BCUT2D eigenvalue weighted by atomic mass is 16.5. The number of carboxylic acids is 1. The van der Waals surface area contributed by atoms with Crippen molar-refractivity contribution in [2.24, 2.45) is 0 Å². The van der Waals surface area contributed by atoms with E-state index in [1.165, 1.54) is 16.3 Å². The van der Waals surface area contributed by atoms with Gasteiger partial charge in [-0.1, -0.05) is 36.4 Å². The number of nitrogens with zero attached hydrogens (tertiary/aromatic N) is 1. The van der Waals surface area contributed by atoms with Crippen LogP contribution in [0.2, 0.25) is 0 Å². The van der Waals surface area contributed by atoms with Gasteiger partial charge in [-0.25, -0.2) is 0 Å². The van der Waals surface area contributed by atoms with E-state index < -0.39 is 5.97 Å². The molecule has 0 aliphatic heterocycles. The van der Waals surface area contributed by atoms with Crippen LogP contribution in [0.3, 0.4) is 0 Å². The molecule has 33 heavy (non-hydrogen) atoms. The first kappa shape index (κ1) is 21.1. The molecule has 5 rings (SSSR count). The van der Waals surface area contributed by atoms with Crippen LogP contribution in [0.25, 0.3) is 21.9 Å². The van der Waals surface area contributed by atoms with Crippen molar-refractivity contribution in [3.8, 4) is 22.6 Å². The van der Waals surface area contributed by atoms with Crippen LogP contribution in [-0.4, -0.2) is 25.2 Å². The number of aryl methyl sites for hydroxylation is 1. The number of carboxylic acid groups (broad SMARTS) is 1. The van der Waals surface area contributed by atoms with Crippen LogP contribution in [0.1, 0.15) is 29.9 Å². The maximum atomic E-state index is 11.4. The van der Waals surface area contributed by atoms with Crippen LogP contribution < -0.4 is 9.64 Å². The highest BCUT2D eigenvalue weighted by Crippen LogP contribution is 2.44. The monoisotopic (exact) mass is 437 g/mol. The molecule has 0 fully saturated rings. The van der Waals surface area contributed by atoms with E-state index in [0.717, 1.165) is 46.7 Å². The summed E-state index contributed by atoms with van der Waals surface area (Å²) in [4.78, 5) is 13.5. The van der Waals surface area contributed by atoms with Crippen molar-refractivity contribution in [2.75, 3.05) is 19.0 Å². The molecule has 4 nitrogen and oxygen atoms in total. The number of rotatable bonds is 6. The Morgan fingerprint density at radius 1 is 0.970 bits per heavy atom. The molecule has 1 N–H and O–H groups in total. The van der Waals surface area contributed by atoms with Gasteiger partial charge in [-0.2, -0.15) is 0 Å². The molecule has 4 aromatic carbocycles. The van der Waals surface area contributed by atoms with Gasteiger partial charge in [-0.05, 0) is 88.7 Å². The first-order valence-electron chi connectivity index (χ1n) is 11.3. The molecule has 0 saturated heterocycles. The SMILES string of the molecule is CN(C)c1ccc(Oc2cc3c(cc2-c2ccc4ccccc4c2)C(CC(=O)O)CC3)cc1. The summed E-state index contributed by atoms with van der Waals surface area (Å²) in [7, 11) is 4.03. The fourth-order valence-corrected chi connectivity index (χ4v) is 4.75. The van der Waals surface area contributed by atoms with Gasteiger partial charge in [0.15, 0.2) is 0 Å². The molecule has 166 valence electrons. The van der Waals surface area contributed by atoms with E-state index >= 15 is 0 Å². The Hall–Kier alpha value is -3.79. The Morgan fingerprint density at radius 3 is 2.45 bits per heavy atom. The van der Waals surface area contributed by atoms with Crippen molar-refractivity contribution in [1.82, 2.24) is 0 Å². The van der Waals surface area contributed by atoms with E-state index in [0.29, 0.717) is 0 Å². The molecular weight excluding hydrogens is 410 g/mol. The minimum absolute atomic E-state index is 0.0464. The van der Waals surface area contributed by atoms with Crippen LogP contribution >= 0.6 is 0 Å². The first-order valence-corrected chi connectivity index (χ1v) is 11.3. The predicted octanol–water partition coefficient (Wildman–Crippen LogP) is 6.87. The van der Waals surface area contributed by atoms with E-state index in [-0.39, 0.29) is 12.3 Å². The van der Waals surface area contributed by atoms with Crippen molar-refractivity contribution in [3.63, 3.8) is 0 Å². The van der Waals surface area contributed by atoms with Crippen LogP contribution in [0, 0.1) is 0 Å². The van der Waals surface area contributed by atoms with Crippen molar-refractivity contribution >= 4 is 22.4 Å². The van der Waals surface area contributed by atoms with E-state index in [2.05, 4.69) is 47.4 Å². The van der Waals surface area contributed by atoms with Crippen LogP contribution in [-0.2, 0) is 11.2 Å². The highest BCUT2D eigenvalue weighted by molar-refractivity contribution is 5.88. The summed E-state index contributed by atoms with van der Waals surface area (Å²) >= 11 is 0. The number of ether oxygens (including phenoxy) is 1. The molecule has 1 atom stereocenters. The van der Waals surface area contributed by atoms with Crippen molar-refractivity contribution in [2.45, 2.75) is 25.2 Å². The molecule has 1 unspecified atom stereocenters. The maximum Gasteiger partial charge on any atom is 0.303 e. The number of benzene rings is 4. The zero-order valence-corrected chi connectivity index (χ0v) is 18.9. The molecule has 0 aromatic heterocycles. The summed E-state index contributed by atoms with van der Waals surface area (Å²) in [5.74, 6) is 0.881. The molecule has 0 spiro atoms. The third-order valence-corrected chi connectivity index (χ3v) is 6.51. The Morgan fingerprint density at radius 2 is 1.73 bits per heavy atom. The molecule has 4 aromatic rings. The normalized spacial score (nSPS) is 14.8. The number of carbonyl (C=O) groups is 1. The number of anilines is 1. The van der Waals surface area contributed by atoms with Gasteiger partial charge < -0.3 is 14.7 Å². The Balaban J connectivity index is 1.60. The lowest BCUT2D eigenvalue weighted by Gasteiger charge is -2.17. The summed E-state index contributed by atoms with van der Waals surface area (Å²) in [6.07, 6.45) is 1.90. The van der Waals surface area contributed by atoms with Gasteiger partial charge in [0.05, 0.1) is 6.42 Å². The van der Waals surface area contributed by atoms with Gasteiger partial charge in [-0.3, -0.25) is 4.79 Å². The lowest BCUT2D eigenvalue weighted by Crippen LogP contribution is -2.07. The first-order chi connectivity index (χ1) is 16.0. The minimum Gasteiger partial charge on any atom is -0.481 e. The summed E-state index contributed by atoms with van der Waals surface area (Å²) in [6, 6.07) is 27.1. The van der Waals surface area contributed by atoms with Crippen LogP contribution in [0.5, 0.6) is 11.5 Å². The summed E-state index contributed by atoms with van der Waals surface area (Å²) < 4.78 is 6.42. The Bertz CT molecular complexity index is 1320. The lowest BCUT2D eigenvalue weighted by molar-refractivity contribution is -0.137. The van der Waals surface area contributed by atoms with Gasteiger partial charge in [0.25, 0.3) is 0 Å².